The Balaban J connectivity index is 2.37. The zero-order valence-electron chi connectivity index (χ0n) is 11.2. The highest BCUT2D eigenvalue weighted by atomic mass is 16.5. The molecule has 0 unspecified atom stereocenters. The van der Waals surface area contributed by atoms with Crippen molar-refractivity contribution in [2.24, 2.45) is 0 Å². The maximum atomic E-state index is 11.4. The Hall–Kier alpha value is -2.79. The van der Waals surface area contributed by atoms with Crippen LogP contribution in [-0.2, 0) is 9.53 Å². The number of carbonyl (C=O) groups excluding carboxylic acids is 1. The van der Waals surface area contributed by atoms with E-state index in [1.165, 1.54) is 13.2 Å². The predicted octanol–water partition coefficient (Wildman–Crippen LogP) is 3.29. The van der Waals surface area contributed by atoms with Crippen LogP contribution >= 0.6 is 0 Å². The van der Waals surface area contributed by atoms with Gasteiger partial charge < -0.3 is 4.74 Å². The molecule has 2 nitrogen and oxygen atoms in total. The summed E-state index contributed by atoms with van der Waals surface area (Å²) in [5, 5.41) is 0. The molecule has 0 atom stereocenters. The first-order valence-electron chi connectivity index (χ1n) is 6.22. The van der Waals surface area contributed by atoms with Crippen LogP contribution in [0.15, 0.2) is 66.7 Å². The number of benzene rings is 2. The fourth-order valence-electron chi connectivity index (χ4n) is 1.65. The number of ether oxygens (including phenoxy) is 1. The Kier molecular flexibility index (Phi) is 4.75. The summed E-state index contributed by atoms with van der Waals surface area (Å²) in [4.78, 5) is 11.4. The van der Waals surface area contributed by atoms with Gasteiger partial charge in [0.15, 0.2) is 0 Å². The SMILES string of the molecule is COC(=O)C=C(C#Cc1ccccc1)c1ccccc1. The molecule has 2 aromatic rings. The monoisotopic (exact) mass is 262 g/mol. The minimum atomic E-state index is -0.411. The molecule has 0 bridgehead atoms. The molecular formula is C18H14O2. The van der Waals surface area contributed by atoms with E-state index >= 15 is 0 Å². The summed E-state index contributed by atoms with van der Waals surface area (Å²) in [6.45, 7) is 0. The number of allylic oxidation sites excluding steroid dienone is 1. The number of rotatable bonds is 2. The quantitative estimate of drug-likeness (QED) is 0.471. The summed E-state index contributed by atoms with van der Waals surface area (Å²) in [5.41, 5.74) is 2.43. The summed E-state index contributed by atoms with van der Waals surface area (Å²) in [5.74, 6) is 5.66. The van der Waals surface area contributed by atoms with Gasteiger partial charge in [-0.05, 0) is 17.7 Å². The fraction of sp³-hybridized carbons (Fsp3) is 0.0556. The second kappa shape index (κ2) is 6.96. The van der Waals surface area contributed by atoms with Crippen LogP contribution in [0.2, 0.25) is 0 Å². The summed E-state index contributed by atoms with van der Waals surface area (Å²) in [7, 11) is 1.35. The van der Waals surface area contributed by atoms with Crippen LogP contribution in [0.1, 0.15) is 11.1 Å². The Bertz CT molecular complexity index is 659. The van der Waals surface area contributed by atoms with E-state index in [4.69, 9.17) is 0 Å². The van der Waals surface area contributed by atoms with Crippen LogP contribution in [0.3, 0.4) is 0 Å². The Labute approximate surface area is 118 Å². The first-order valence-corrected chi connectivity index (χ1v) is 6.22. The molecule has 98 valence electrons. The van der Waals surface area contributed by atoms with Gasteiger partial charge in [-0.15, -0.1) is 0 Å². The first kappa shape index (κ1) is 13.6. The van der Waals surface area contributed by atoms with Crippen LogP contribution in [0.25, 0.3) is 5.57 Å². The lowest BCUT2D eigenvalue weighted by Crippen LogP contribution is -1.96. The Morgan fingerprint density at radius 3 is 2.20 bits per heavy atom. The van der Waals surface area contributed by atoms with Crippen LogP contribution in [0, 0.1) is 11.8 Å². The third kappa shape index (κ3) is 3.86. The van der Waals surface area contributed by atoms with Gasteiger partial charge in [0.05, 0.1) is 7.11 Å². The third-order valence-corrected chi connectivity index (χ3v) is 2.66. The van der Waals surface area contributed by atoms with Gasteiger partial charge in [0.1, 0.15) is 0 Å². The highest BCUT2D eigenvalue weighted by Crippen LogP contribution is 2.13. The van der Waals surface area contributed by atoms with Gasteiger partial charge in [-0.3, -0.25) is 0 Å². The molecule has 20 heavy (non-hydrogen) atoms. The van der Waals surface area contributed by atoms with Gasteiger partial charge in [-0.1, -0.05) is 60.4 Å². The maximum Gasteiger partial charge on any atom is 0.331 e. The number of hydrogen-bond acceptors (Lipinski definition) is 2. The van der Waals surface area contributed by atoms with Crippen molar-refractivity contribution < 1.29 is 9.53 Å². The van der Waals surface area contributed by atoms with E-state index in [9.17, 15) is 4.79 Å². The van der Waals surface area contributed by atoms with Gasteiger partial charge in [0.2, 0.25) is 0 Å². The Morgan fingerprint density at radius 2 is 1.60 bits per heavy atom. The fourth-order valence-corrected chi connectivity index (χ4v) is 1.65. The Morgan fingerprint density at radius 1 is 1.00 bits per heavy atom. The number of carbonyl (C=O) groups is 1. The molecule has 0 aliphatic rings. The van der Waals surface area contributed by atoms with Gasteiger partial charge in [0.25, 0.3) is 0 Å². The minimum absolute atomic E-state index is 0.411. The molecule has 2 aromatic carbocycles. The highest BCUT2D eigenvalue weighted by molar-refractivity contribution is 5.96. The topological polar surface area (TPSA) is 26.3 Å². The molecular weight excluding hydrogens is 248 g/mol. The van der Waals surface area contributed by atoms with Gasteiger partial charge >= 0.3 is 5.97 Å². The molecule has 0 amide bonds. The second-order valence-electron chi connectivity index (χ2n) is 4.06. The van der Waals surface area contributed by atoms with Crippen LogP contribution in [0.4, 0.5) is 0 Å². The number of hydrogen-bond donors (Lipinski definition) is 0. The zero-order valence-corrected chi connectivity index (χ0v) is 11.2. The lowest BCUT2D eigenvalue weighted by Gasteiger charge is -1.99. The van der Waals surface area contributed by atoms with E-state index in [0.29, 0.717) is 5.57 Å². The van der Waals surface area contributed by atoms with Crippen LogP contribution in [0.5, 0.6) is 0 Å². The molecule has 0 saturated carbocycles. The van der Waals surface area contributed by atoms with Gasteiger partial charge in [0, 0.05) is 17.2 Å². The smallest absolute Gasteiger partial charge is 0.331 e. The van der Waals surface area contributed by atoms with E-state index in [1.54, 1.807) is 0 Å². The van der Waals surface area contributed by atoms with Crippen molar-refractivity contribution in [2.45, 2.75) is 0 Å². The van der Waals surface area contributed by atoms with E-state index in [1.807, 2.05) is 60.7 Å². The minimum Gasteiger partial charge on any atom is -0.466 e. The predicted molar refractivity (Wildman–Crippen MR) is 79.8 cm³/mol. The average Bonchev–Trinajstić information content (AvgIpc) is 2.53. The van der Waals surface area contributed by atoms with Crippen molar-refractivity contribution >= 4 is 11.5 Å². The maximum absolute atomic E-state index is 11.4. The van der Waals surface area contributed by atoms with E-state index in [0.717, 1.165) is 11.1 Å². The first-order chi connectivity index (χ1) is 9.79. The summed E-state index contributed by atoms with van der Waals surface area (Å²) in [6, 6.07) is 19.2. The molecule has 0 aromatic heterocycles. The normalized spacial score (nSPS) is 10.3. The van der Waals surface area contributed by atoms with Crippen LogP contribution in [-0.4, -0.2) is 13.1 Å². The third-order valence-electron chi connectivity index (χ3n) is 2.66. The van der Waals surface area contributed by atoms with E-state index < -0.39 is 5.97 Å². The summed E-state index contributed by atoms with van der Waals surface area (Å²) < 4.78 is 4.67. The average molecular weight is 262 g/mol. The van der Waals surface area contributed by atoms with Crippen molar-refractivity contribution in [2.75, 3.05) is 7.11 Å². The number of esters is 1. The van der Waals surface area contributed by atoms with E-state index in [2.05, 4.69) is 16.6 Å². The zero-order chi connectivity index (χ0) is 14.2. The van der Waals surface area contributed by atoms with Crippen molar-refractivity contribution in [3.05, 3.63) is 77.9 Å². The van der Waals surface area contributed by atoms with Gasteiger partial charge in [-0.25, -0.2) is 4.79 Å². The van der Waals surface area contributed by atoms with E-state index in [-0.39, 0.29) is 0 Å². The molecule has 0 spiro atoms. The number of methoxy groups -OCH3 is 1. The molecule has 0 aliphatic carbocycles. The molecule has 0 N–H and O–H groups in total. The second-order valence-corrected chi connectivity index (χ2v) is 4.06. The molecule has 2 rings (SSSR count). The molecule has 0 radical (unpaired) electrons. The van der Waals surface area contributed by atoms with Gasteiger partial charge in [-0.2, -0.15) is 0 Å². The van der Waals surface area contributed by atoms with Crippen molar-refractivity contribution in [1.29, 1.82) is 0 Å². The highest BCUT2D eigenvalue weighted by Gasteiger charge is 2.01. The summed E-state index contributed by atoms with van der Waals surface area (Å²) >= 11 is 0. The molecule has 0 heterocycles. The lowest BCUT2D eigenvalue weighted by molar-refractivity contribution is -0.134. The molecule has 0 aliphatic heterocycles. The van der Waals surface area contributed by atoms with Crippen molar-refractivity contribution in [3.8, 4) is 11.8 Å². The largest absolute Gasteiger partial charge is 0.466 e. The van der Waals surface area contributed by atoms with Crippen molar-refractivity contribution in [3.63, 3.8) is 0 Å². The van der Waals surface area contributed by atoms with Crippen LogP contribution < -0.4 is 0 Å². The molecule has 0 fully saturated rings. The summed E-state index contributed by atoms with van der Waals surface area (Å²) in [6.07, 6.45) is 1.41. The molecule has 0 saturated heterocycles. The molecule has 2 heteroatoms. The van der Waals surface area contributed by atoms with Crippen molar-refractivity contribution in [1.82, 2.24) is 0 Å². The lowest BCUT2D eigenvalue weighted by atomic mass is 10.1. The standard InChI is InChI=1S/C18H14O2/c1-20-18(19)14-17(16-10-6-3-7-11-16)13-12-15-8-4-2-5-9-15/h2-11,14H,1H3.